The third-order valence-corrected chi connectivity index (χ3v) is 5.02. The van der Waals surface area contributed by atoms with Crippen LogP contribution in [0.3, 0.4) is 0 Å². The van der Waals surface area contributed by atoms with Gasteiger partial charge in [-0.15, -0.1) is 0 Å². The molecule has 2 fully saturated rings. The number of hydrogen-bond acceptors (Lipinski definition) is 0. The average Bonchev–Trinajstić information content (AvgIpc) is 2.44. The lowest BCUT2D eigenvalue weighted by atomic mass is 9.57. The molecule has 0 radical (unpaired) electrons. The molecule has 14 heavy (non-hydrogen) atoms. The molecule has 0 bridgehead atoms. The first-order valence-electron chi connectivity index (χ1n) is 6.52. The minimum atomic E-state index is 0.823. The lowest BCUT2D eigenvalue weighted by Crippen LogP contribution is -2.37. The molecule has 1 spiro atoms. The fourth-order valence-corrected chi connectivity index (χ4v) is 3.72. The van der Waals surface area contributed by atoms with Gasteiger partial charge in [0.05, 0.1) is 0 Å². The summed E-state index contributed by atoms with van der Waals surface area (Å²) in [6, 6.07) is 0. The summed E-state index contributed by atoms with van der Waals surface area (Å²) >= 11 is 0. The molecule has 2 rings (SSSR count). The van der Waals surface area contributed by atoms with Crippen molar-refractivity contribution < 1.29 is 0 Å². The van der Waals surface area contributed by atoms with Crippen LogP contribution in [-0.2, 0) is 0 Å². The molecule has 2 aliphatic carbocycles. The Morgan fingerprint density at radius 2 is 1.36 bits per heavy atom. The van der Waals surface area contributed by atoms with Crippen molar-refractivity contribution in [3.8, 4) is 0 Å². The third kappa shape index (κ3) is 1.73. The highest BCUT2D eigenvalue weighted by Gasteiger charge is 2.49. The fourth-order valence-electron chi connectivity index (χ4n) is 3.72. The van der Waals surface area contributed by atoms with Gasteiger partial charge in [-0.1, -0.05) is 27.7 Å². The molecular weight excluding hydrogens is 168 g/mol. The van der Waals surface area contributed by atoms with E-state index in [4.69, 9.17) is 0 Å². The highest BCUT2D eigenvalue weighted by Crippen LogP contribution is 2.60. The van der Waals surface area contributed by atoms with Crippen LogP contribution < -0.4 is 0 Å². The van der Waals surface area contributed by atoms with E-state index in [0.717, 1.165) is 29.1 Å². The van der Waals surface area contributed by atoms with Gasteiger partial charge in [-0.2, -0.15) is 0 Å². The van der Waals surface area contributed by atoms with Gasteiger partial charge in [-0.3, -0.25) is 0 Å². The summed E-state index contributed by atoms with van der Waals surface area (Å²) in [5.41, 5.74) is 0.823. The highest BCUT2D eigenvalue weighted by atomic mass is 14.5. The molecule has 0 aromatic rings. The van der Waals surface area contributed by atoms with Gasteiger partial charge >= 0.3 is 0 Å². The molecule has 0 aromatic heterocycles. The summed E-state index contributed by atoms with van der Waals surface area (Å²) in [5.74, 6) is 3.95. The second-order valence-corrected chi connectivity index (χ2v) is 6.66. The lowest BCUT2D eigenvalue weighted by molar-refractivity contribution is 0.0263. The van der Waals surface area contributed by atoms with E-state index >= 15 is 0 Å². The van der Waals surface area contributed by atoms with E-state index in [0.29, 0.717) is 0 Å². The van der Waals surface area contributed by atoms with Crippen LogP contribution in [0.25, 0.3) is 0 Å². The summed E-state index contributed by atoms with van der Waals surface area (Å²) in [5, 5.41) is 0. The van der Waals surface area contributed by atoms with Crippen LogP contribution >= 0.6 is 0 Å². The second kappa shape index (κ2) is 3.54. The minimum absolute atomic E-state index is 0.823. The molecular formula is C14H26. The molecule has 82 valence electrons. The monoisotopic (exact) mass is 194 g/mol. The SMILES string of the molecule is CC(C)C1CCC2(C1)CC(C(C)C)C2. The van der Waals surface area contributed by atoms with Gasteiger partial charge in [-0.05, 0) is 61.2 Å². The van der Waals surface area contributed by atoms with Gasteiger partial charge in [0, 0.05) is 0 Å². The Morgan fingerprint density at radius 3 is 1.79 bits per heavy atom. The summed E-state index contributed by atoms with van der Waals surface area (Å²) in [6.45, 7) is 9.60. The van der Waals surface area contributed by atoms with Crippen LogP contribution in [0.4, 0.5) is 0 Å². The van der Waals surface area contributed by atoms with Crippen molar-refractivity contribution >= 4 is 0 Å². The maximum atomic E-state index is 2.41. The van der Waals surface area contributed by atoms with Crippen molar-refractivity contribution in [1.82, 2.24) is 0 Å². The third-order valence-electron chi connectivity index (χ3n) is 5.02. The van der Waals surface area contributed by atoms with Crippen molar-refractivity contribution in [1.29, 1.82) is 0 Å². The zero-order chi connectivity index (χ0) is 10.3. The number of rotatable bonds is 2. The predicted octanol–water partition coefficient (Wildman–Crippen LogP) is 4.49. The summed E-state index contributed by atoms with van der Waals surface area (Å²) in [7, 11) is 0. The highest BCUT2D eigenvalue weighted by molar-refractivity contribution is 5.00. The van der Waals surface area contributed by atoms with Gasteiger partial charge in [0.1, 0.15) is 0 Å². The van der Waals surface area contributed by atoms with Crippen LogP contribution in [0.1, 0.15) is 59.8 Å². The molecule has 2 aliphatic rings. The summed E-state index contributed by atoms with van der Waals surface area (Å²) in [4.78, 5) is 0. The predicted molar refractivity (Wildman–Crippen MR) is 62.2 cm³/mol. The van der Waals surface area contributed by atoms with Crippen LogP contribution in [0.15, 0.2) is 0 Å². The largest absolute Gasteiger partial charge is 0.0625 e. The van der Waals surface area contributed by atoms with Crippen LogP contribution in [-0.4, -0.2) is 0 Å². The van der Waals surface area contributed by atoms with Crippen LogP contribution in [0.2, 0.25) is 0 Å². The summed E-state index contributed by atoms with van der Waals surface area (Å²) in [6.07, 6.45) is 7.71. The maximum absolute atomic E-state index is 2.41. The smallest absolute Gasteiger partial charge is 0.0289 e. The zero-order valence-corrected chi connectivity index (χ0v) is 10.3. The molecule has 1 unspecified atom stereocenters. The van der Waals surface area contributed by atoms with Crippen molar-refractivity contribution in [3.63, 3.8) is 0 Å². The van der Waals surface area contributed by atoms with Gasteiger partial charge in [0.25, 0.3) is 0 Å². The molecule has 0 aliphatic heterocycles. The molecule has 0 heterocycles. The Balaban J connectivity index is 1.86. The molecule has 0 saturated heterocycles. The number of hydrogen-bond donors (Lipinski definition) is 0. The van der Waals surface area contributed by atoms with Crippen LogP contribution in [0.5, 0.6) is 0 Å². The van der Waals surface area contributed by atoms with Crippen LogP contribution in [0, 0.1) is 29.1 Å². The van der Waals surface area contributed by atoms with Gasteiger partial charge < -0.3 is 0 Å². The first kappa shape index (κ1) is 10.5. The molecule has 0 aromatic carbocycles. The van der Waals surface area contributed by atoms with E-state index < -0.39 is 0 Å². The topological polar surface area (TPSA) is 0 Å². The molecule has 1 atom stereocenters. The fraction of sp³-hybridized carbons (Fsp3) is 1.00. The standard InChI is InChI=1S/C14H26/c1-10(2)12-5-6-14(7-12)8-13(9-14)11(3)4/h10-13H,5-9H2,1-4H3. The van der Waals surface area contributed by atoms with Crippen molar-refractivity contribution in [2.45, 2.75) is 59.8 Å². The average molecular weight is 194 g/mol. The van der Waals surface area contributed by atoms with Gasteiger partial charge in [0.2, 0.25) is 0 Å². The first-order valence-corrected chi connectivity index (χ1v) is 6.52. The van der Waals surface area contributed by atoms with Crippen molar-refractivity contribution in [3.05, 3.63) is 0 Å². The van der Waals surface area contributed by atoms with E-state index in [1.54, 1.807) is 25.7 Å². The zero-order valence-electron chi connectivity index (χ0n) is 10.3. The molecule has 2 saturated carbocycles. The van der Waals surface area contributed by atoms with Crippen molar-refractivity contribution in [2.24, 2.45) is 29.1 Å². The Hall–Kier alpha value is 0. The Labute approximate surface area is 89.5 Å². The first-order chi connectivity index (χ1) is 6.52. The Kier molecular flexibility index (Phi) is 2.66. The Bertz CT molecular complexity index is 196. The molecule has 0 heteroatoms. The maximum Gasteiger partial charge on any atom is -0.0289 e. The second-order valence-electron chi connectivity index (χ2n) is 6.66. The van der Waals surface area contributed by atoms with Crippen molar-refractivity contribution in [2.75, 3.05) is 0 Å². The minimum Gasteiger partial charge on any atom is -0.0625 e. The quantitative estimate of drug-likeness (QED) is 0.607. The lowest BCUT2D eigenvalue weighted by Gasteiger charge is -2.48. The van der Waals surface area contributed by atoms with E-state index in [2.05, 4.69) is 27.7 Å². The van der Waals surface area contributed by atoms with Gasteiger partial charge in [-0.25, -0.2) is 0 Å². The van der Waals surface area contributed by atoms with E-state index in [9.17, 15) is 0 Å². The van der Waals surface area contributed by atoms with Gasteiger partial charge in [0.15, 0.2) is 0 Å². The summed E-state index contributed by atoms with van der Waals surface area (Å²) < 4.78 is 0. The Morgan fingerprint density at radius 1 is 0.857 bits per heavy atom. The van der Waals surface area contributed by atoms with E-state index in [1.807, 2.05) is 0 Å². The van der Waals surface area contributed by atoms with E-state index in [1.165, 1.54) is 6.42 Å². The molecule has 0 nitrogen and oxygen atoms in total. The normalized spacial score (nSPS) is 42.4. The van der Waals surface area contributed by atoms with E-state index in [-0.39, 0.29) is 0 Å². The molecule has 0 N–H and O–H groups in total. The molecule has 0 amide bonds.